The van der Waals surface area contributed by atoms with Gasteiger partial charge in [0.2, 0.25) is 0 Å². The Hall–Kier alpha value is -3.12. The Kier molecular flexibility index (Phi) is 5.12. The lowest BCUT2D eigenvalue weighted by Gasteiger charge is -2.18. The van der Waals surface area contributed by atoms with Gasteiger partial charge in [-0.25, -0.2) is 4.98 Å². The largest absolute Gasteiger partial charge is 0.510 e. The van der Waals surface area contributed by atoms with Crippen LogP contribution in [0.4, 0.5) is 0 Å². The Labute approximate surface area is 168 Å². The summed E-state index contributed by atoms with van der Waals surface area (Å²) in [5.41, 5.74) is 3.61. The lowest BCUT2D eigenvalue weighted by atomic mass is 10.1. The van der Waals surface area contributed by atoms with Crippen molar-refractivity contribution in [2.75, 3.05) is 20.2 Å². The number of thiazole rings is 1. The SMILES string of the molecule is COc1ccc(CCN2CC(O)=C(c3nc(-c4ccccc4)cs3)C2=N)cc1. The second-order valence-electron chi connectivity index (χ2n) is 6.59. The van der Waals surface area contributed by atoms with Crippen LogP contribution in [0.3, 0.4) is 0 Å². The molecule has 0 aliphatic carbocycles. The molecule has 1 aliphatic rings. The van der Waals surface area contributed by atoms with Gasteiger partial charge in [-0.3, -0.25) is 5.41 Å². The van der Waals surface area contributed by atoms with E-state index in [1.807, 2.05) is 64.9 Å². The van der Waals surface area contributed by atoms with Crippen LogP contribution in [0.2, 0.25) is 0 Å². The maximum absolute atomic E-state index is 10.5. The first-order chi connectivity index (χ1) is 13.7. The van der Waals surface area contributed by atoms with Crippen molar-refractivity contribution in [3.8, 4) is 17.0 Å². The van der Waals surface area contributed by atoms with E-state index in [1.54, 1.807) is 7.11 Å². The molecule has 0 spiro atoms. The van der Waals surface area contributed by atoms with Crippen molar-refractivity contribution in [3.05, 3.63) is 76.3 Å². The Balaban J connectivity index is 1.45. The molecule has 6 heteroatoms. The zero-order chi connectivity index (χ0) is 19.5. The Morgan fingerprint density at radius 2 is 1.89 bits per heavy atom. The molecule has 3 aromatic rings. The van der Waals surface area contributed by atoms with Crippen molar-refractivity contribution in [1.82, 2.24) is 9.88 Å². The van der Waals surface area contributed by atoms with Gasteiger partial charge in [-0.15, -0.1) is 11.3 Å². The van der Waals surface area contributed by atoms with Crippen LogP contribution in [0.1, 0.15) is 10.6 Å². The van der Waals surface area contributed by atoms with E-state index in [0.717, 1.165) is 23.4 Å². The lowest BCUT2D eigenvalue weighted by Crippen LogP contribution is -2.28. The van der Waals surface area contributed by atoms with Gasteiger partial charge in [0, 0.05) is 17.5 Å². The first-order valence-corrected chi connectivity index (χ1v) is 9.94. The minimum atomic E-state index is 0.216. The molecular formula is C22H21N3O2S. The average molecular weight is 391 g/mol. The summed E-state index contributed by atoms with van der Waals surface area (Å²) < 4.78 is 5.19. The van der Waals surface area contributed by atoms with Crippen molar-refractivity contribution in [1.29, 1.82) is 5.41 Å². The molecule has 0 atom stereocenters. The molecule has 28 heavy (non-hydrogen) atoms. The van der Waals surface area contributed by atoms with Crippen LogP contribution >= 0.6 is 11.3 Å². The topological polar surface area (TPSA) is 69.4 Å². The molecule has 0 fully saturated rings. The van der Waals surface area contributed by atoms with Crippen molar-refractivity contribution in [2.45, 2.75) is 6.42 Å². The molecule has 0 saturated carbocycles. The third-order valence-electron chi connectivity index (χ3n) is 4.80. The Bertz CT molecular complexity index is 1010. The third-order valence-corrected chi connectivity index (χ3v) is 5.66. The molecule has 0 amide bonds. The van der Waals surface area contributed by atoms with Crippen molar-refractivity contribution in [2.24, 2.45) is 0 Å². The summed E-state index contributed by atoms with van der Waals surface area (Å²) in [6.07, 6.45) is 0.792. The predicted octanol–water partition coefficient (Wildman–Crippen LogP) is 4.62. The molecule has 2 aromatic carbocycles. The normalized spacial score (nSPS) is 14.0. The van der Waals surface area contributed by atoms with Gasteiger partial charge in [0.25, 0.3) is 0 Å². The quantitative estimate of drug-likeness (QED) is 0.643. The summed E-state index contributed by atoms with van der Waals surface area (Å²) in [7, 11) is 1.65. The summed E-state index contributed by atoms with van der Waals surface area (Å²) in [5.74, 6) is 1.38. The van der Waals surface area contributed by atoms with E-state index in [1.165, 1.54) is 16.9 Å². The van der Waals surface area contributed by atoms with E-state index in [0.29, 0.717) is 29.5 Å². The maximum atomic E-state index is 10.5. The van der Waals surface area contributed by atoms with Crippen LogP contribution in [0, 0.1) is 5.41 Å². The fourth-order valence-electron chi connectivity index (χ4n) is 3.24. The van der Waals surface area contributed by atoms with Gasteiger partial charge in [0.1, 0.15) is 22.4 Å². The minimum Gasteiger partial charge on any atom is -0.510 e. The van der Waals surface area contributed by atoms with Crippen LogP contribution in [0.25, 0.3) is 16.8 Å². The molecule has 4 rings (SSSR count). The van der Waals surface area contributed by atoms with Crippen LogP contribution in [-0.4, -0.2) is 41.0 Å². The standard InChI is InChI=1S/C22H21N3O2S/c1-27-17-9-7-15(8-10-17)11-12-25-13-19(26)20(21(25)23)22-24-18(14-28-22)16-5-3-2-4-6-16/h2-10,14,23,26H,11-13H2,1H3. The fourth-order valence-corrected chi connectivity index (χ4v) is 4.13. The van der Waals surface area contributed by atoms with Gasteiger partial charge in [0.15, 0.2) is 0 Å². The number of ether oxygens (including phenoxy) is 1. The molecule has 2 N–H and O–H groups in total. The van der Waals surface area contributed by atoms with E-state index >= 15 is 0 Å². The lowest BCUT2D eigenvalue weighted by molar-refractivity contribution is 0.351. The number of amidine groups is 1. The van der Waals surface area contributed by atoms with Crippen molar-refractivity contribution in [3.63, 3.8) is 0 Å². The molecule has 0 radical (unpaired) electrons. The number of hydrogen-bond acceptors (Lipinski definition) is 5. The van der Waals surface area contributed by atoms with Crippen molar-refractivity contribution < 1.29 is 9.84 Å². The molecule has 142 valence electrons. The number of nitrogens with one attached hydrogen (secondary N) is 1. The second-order valence-corrected chi connectivity index (χ2v) is 7.45. The molecule has 0 bridgehead atoms. The molecule has 5 nitrogen and oxygen atoms in total. The molecule has 1 aliphatic heterocycles. The van der Waals surface area contributed by atoms with E-state index in [2.05, 4.69) is 4.98 Å². The number of methoxy groups -OCH3 is 1. The zero-order valence-corrected chi connectivity index (χ0v) is 16.4. The van der Waals surface area contributed by atoms with Gasteiger partial charge >= 0.3 is 0 Å². The van der Waals surface area contributed by atoms with Crippen LogP contribution < -0.4 is 4.74 Å². The highest BCUT2D eigenvalue weighted by atomic mass is 32.1. The van der Waals surface area contributed by atoms with Crippen molar-refractivity contribution >= 4 is 22.7 Å². The first-order valence-electron chi connectivity index (χ1n) is 9.06. The minimum absolute atomic E-state index is 0.216. The molecule has 1 aromatic heterocycles. The number of hydrogen-bond donors (Lipinski definition) is 2. The fraction of sp³-hybridized carbons (Fsp3) is 0.182. The van der Waals surface area contributed by atoms with Crippen LogP contribution in [0.5, 0.6) is 5.75 Å². The van der Waals surface area contributed by atoms with Gasteiger partial charge < -0.3 is 14.7 Å². The predicted molar refractivity (Wildman–Crippen MR) is 113 cm³/mol. The van der Waals surface area contributed by atoms with E-state index in [9.17, 15) is 5.11 Å². The highest BCUT2D eigenvalue weighted by molar-refractivity contribution is 7.11. The number of aromatic nitrogens is 1. The number of aliphatic hydroxyl groups is 1. The Morgan fingerprint density at radius 1 is 1.14 bits per heavy atom. The number of aliphatic hydroxyl groups excluding tert-OH is 1. The smallest absolute Gasteiger partial charge is 0.135 e. The molecular weight excluding hydrogens is 370 g/mol. The highest BCUT2D eigenvalue weighted by Crippen LogP contribution is 2.32. The highest BCUT2D eigenvalue weighted by Gasteiger charge is 2.30. The van der Waals surface area contributed by atoms with Gasteiger partial charge in [0.05, 0.1) is 24.9 Å². The van der Waals surface area contributed by atoms with Crippen LogP contribution in [0.15, 0.2) is 65.7 Å². The number of benzene rings is 2. The average Bonchev–Trinajstić information content (AvgIpc) is 3.31. The Morgan fingerprint density at radius 3 is 2.61 bits per heavy atom. The van der Waals surface area contributed by atoms with Gasteiger partial charge in [-0.05, 0) is 24.1 Å². The maximum Gasteiger partial charge on any atom is 0.135 e. The third kappa shape index (κ3) is 3.64. The van der Waals surface area contributed by atoms with Gasteiger partial charge in [-0.2, -0.15) is 0 Å². The monoisotopic (exact) mass is 391 g/mol. The number of nitrogens with zero attached hydrogens (tertiary/aromatic N) is 2. The summed E-state index contributed by atoms with van der Waals surface area (Å²) in [4.78, 5) is 6.54. The van der Waals surface area contributed by atoms with Gasteiger partial charge in [-0.1, -0.05) is 42.5 Å². The summed E-state index contributed by atoms with van der Waals surface area (Å²) in [6, 6.07) is 17.9. The van der Waals surface area contributed by atoms with E-state index < -0.39 is 0 Å². The summed E-state index contributed by atoms with van der Waals surface area (Å²) in [5, 5.41) is 21.7. The van der Waals surface area contributed by atoms with E-state index in [-0.39, 0.29) is 5.76 Å². The first kappa shape index (κ1) is 18.3. The summed E-state index contributed by atoms with van der Waals surface area (Å²) in [6.45, 7) is 1.01. The van der Waals surface area contributed by atoms with Crippen LogP contribution in [-0.2, 0) is 6.42 Å². The molecule has 2 heterocycles. The summed E-state index contributed by atoms with van der Waals surface area (Å²) >= 11 is 1.46. The molecule has 0 unspecified atom stereocenters. The second kappa shape index (κ2) is 7.86. The number of rotatable bonds is 6. The molecule has 0 saturated heterocycles. The van der Waals surface area contributed by atoms with E-state index in [4.69, 9.17) is 10.1 Å². The zero-order valence-electron chi connectivity index (χ0n) is 15.6.